The van der Waals surface area contributed by atoms with Gasteiger partial charge < -0.3 is 29.0 Å². The third kappa shape index (κ3) is 19.5. The fourth-order valence-electron chi connectivity index (χ4n) is 13.4. The van der Waals surface area contributed by atoms with Gasteiger partial charge in [0.2, 0.25) is 23.5 Å². The highest BCUT2D eigenvalue weighted by atomic mass is 32.2. The number of nitrogens with zero attached hydrogens (tertiary/aromatic N) is 3. The van der Waals surface area contributed by atoms with Gasteiger partial charge in [0.05, 0.1) is 37.4 Å². The number of hydrogen-bond donors (Lipinski definition) is 1. The van der Waals surface area contributed by atoms with Crippen LogP contribution < -0.4 is 5.32 Å². The van der Waals surface area contributed by atoms with Gasteiger partial charge in [0, 0.05) is 82.8 Å². The van der Waals surface area contributed by atoms with E-state index in [2.05, 4.69) is 36.0 Å². The number of Topliss-reactive ketones (excluding diaryl/α,β-unsaturated/α-hetero) is 3. The Labute approximate surface area is 496 Å². The number of ketones is 3. The zero-order chi connectivity index (χ0) is 62.7. The van der Waals surface area contributed by atoms with Gasteiger partial charge in [-0.1, -0.05) is 137 Å². The second-order valence-electron chi connectivity index (χ2n) is 33.0. The Hall–Kier alpha value is -3.50. The van der Waals surface area contributed by atoms with Gasteiger partial charge in [0.25, 0.3) is 5.89 Å². The number of amides is 3. The maximum absolute atomic E-state index is 12.5. The number of rotatable bonds is 3. The molecule has 1 N–H and O–H groups in total. The molecule has 8 bridgehead atoms. The molecule has 16 heteroatoms. The van der Waals surface area contributed by atoms with Gasteiger partial charge in [-0.3, -0.25) is 28.8 Å². The molecule has 0 aromatic carbocycles. The summed E-state index contributed by atoms with van der Waals surface area (Å²) >= 11 is 0. The van der Waals surface area contributed by atoms with Crippen LogP contribution in [0, 0.1) is 80.3 Å². The molecule has 0 radical (unpaired) electrons. The highest BCUT2D eigenvalue weighted by Crippen LogP contribution is 2.53. The second-order valence-corrected chi connectivity index (χ2v) is 35.7. The molecule has 9 rings (SSSR count). The van der Waals surface area contributed by atoms with Gasteiger partial charge in [0.15, 0.2) is 9.84 Å². The van der Waals surface area contributed by atoms with Crippen LogP contribution in [0.1, 0.15) is 232 Å². The van der Waals surface area contributed by atoms with Crippen molar-refractivity contribution in [2.24, 2.45) is 73.4 Å². The molecule has 1 aromatic heterocycles. The summed E-state index contributed by atoms with van der Waals surface area (Å²) in [5.41, 5.74) is -0.626. The quantitative estimate of drug-likeness (QED) is 0.281. The number of carbonyl (C=O) groups is 6. The molecule has 8 fully saturated rings. The summed E-state index contributed by atoms with van der Waals surface area (Å²) in [4.78, 5) is 80.1. The summed E-state index contributed by atoms with van der Waals surface area (Å²) in [5.74, 6) is 4.90. The van der Waals surface area contributed by atoms with E-state index in [0.717, 1.165) is 39.4 Å². The van der Waals surface area contributed by atoms with Gasteiger partial charge in [-0.15, -0.1) is 0 Å². The van der Waals surface area contributed by atoms with E-state index in [1.165, 1.54) is 64.0 Å². The third-order valence-electron chi connectivity index (χ3n) is 17.8. The van der Waals surface area contributed by atoms with E-state index in [1.54, 1.807) is 33.9 Å². The summed E-state index contributed by atoms with van der Waals surface area (Å²) in [6.07, 6.45) is 15.1. The summed E-state index contributed by atoms with van der Waals surface area (Å²) in [6.45, 7) is 48.4. The van der Waals surface area contributed by atoms with E-state index >= 15 is 0 Å². The van der Waals surface area contributed by atoms with Crippen LogP contribution >= 0.6 is 0 Å². The first kappa shape index (κ1) is 71.0. The maximum Gasteiger partial charge on any atom is 0.263 e. The van der Waals surface area contributed by atoms with E-state index in [4.69, 9.17) is 13.9 Å². The molecular formula is C66H114N4O11S. The Morgan fingerprint density at radius 1 is 0.622 bits per heavy atom. The minimum Gasteiger partial charge on any atom is -0.439 e. The first-order chi connectivity index (χ1) is 37.1. The molecule has 470 valence electrons. The maximum atomic E-state index is 12.5. The van der Waals surface area contributed by atoms with Crippen molar-refractivity contribution in [1.82, 2.24) is 20.1 Å². The molecule has 3 aliphatic carbocycles. The molecule has 8 aliphatic rings. The summed E-state index contributed by atoms with van der Waals surface area (Å²) in [6, 6.07) is 0.800. The van der Waals surface area contributed by atoms with Crippen LogP contribution in [0.25, 0.3) is 0 Å². The predicted octanol–water partition coefficient (Wildman–Crippen LogP) is 12.4. The van der Waals surface area contributed by atoms with Gasteiger partial charge >= 0.3 is 0 Å². The standard InChI is InChI=1S/C15H27NO.2C13H22O2.C11H18N2O2.C9H13NO2.C5H12O2S/c1-13(2,3)12(17)16-10-15(6)8-11(16)7-14(4,5)9-15;2*1-13(2,3)12(14)11-9-5-4-6-10(11)8-15-7-9;1-11(2,3)10(15)13-6-7-4-8(13)5-9(14)12-7;1-6-5-10-8(12-6)7(11)9(2,3)4;1-5(2,3)8(4,6)7/h11H,7-10H2,1-6H3;2*9-11H,4-8H2,1-3H3;7-8H,4-6H2,1-3H3,(H,12,14);5H,1-4H3;1-4H3/t;9-,10+,11?;9-,10-;;;/m..0.../s1. The fraction of sp³-hybridized carbons (Fsp3) is 0.864. The molecule has 3 amide bonds. The van der Waals surface area contributed by atoms with E-state index in [1.807, 2.05) is 109 Å². The molecule has 5 aliphatic heterocycles. The van der Waals surface area contributed by atoms with Crippen molar-refractivity contribution in [3.63, 3.8) is 0 Å². The lowest BCUT2D eigenvalue weighted by Crippen LogP contribution is -2.46. The van der Waals surface area contributed by atoms with Crippen molar-refractivity contribution in [3.8, 4) is 0 Å². The first-order valence-electron chi connectivity index (χ1n) is 30.9. The number of aromatic nitrogens is 1. The molecule has 1 aromatic rings. The smallest absolute Gasteiger partial charge is 0.263 e. The van der Waals surface area contributed by atoms with Gasteiger partial charge in [-0.05, 0) is 114 Å². The Kier molecular flexibility index (Phi) is 23.1. The van der Waals surface area contributed by atoms with E-state index in [9.17, 15) is 37.2 Å². The fourth-order valence-corrected chi connectivity index (χ4v) is 13.4. The number of oxazole rings is 1. The molecule has 0 spiro atoms. The van der Waals surface area contributed by atoms with Crippen LogP contribution in [0.5, 0.6) is 0 Å². The van der Waals surface area contributed by atoms with Crippen molar-refractivity contribution in [2.45, 2.75) is 246 Å². The highest BCUT2D eigenvalue weighted by Gasteiger charge is 2.52. The summed E-state index contributed by atoms with van der Waals surface area (Å²) in [7, 11) is -2.84. The minimum atomic E-state index is -2.84. The molecule has 5 saturated heterocycles. The molecule has 15 nitrogen and oxygen atoms in total. The Balaban J connectivity index is 0.000000214. The van der Waals surface area contributed by atoms with E-state index in [-0.39, 0.29) is 69.1 Å². The van der Waals surface area contributed by atoms with Gasteiger partial charge in [-0.25, -0.2) is 13.4 Å². The van der Waals surface area contributed by atoms with Crippen LogP contribution in [0.4, 0.5) is 0 Å². The monoisotopic (exact) mass is 1170 g/mol. The lowest BCUT2D eigenvalue weighted by molar-refractivity contribution is -0.145. The largest absolute Gasteiger partial charge is 0.439 e. The molecule has 3 saturated carbocycles. The first-order valence-corrected chi connectivity index (χ1v) is 32.8. The molecule has 6 heterocycles. The summed E-state index contributed by atoms with van der Waals surface area (Å²) in [5, 5.41) is 2.91. The predicted molar refractivity (Wildman–Crippen MR) is 326 cm³/mol. The Morgan fingerprint density at radius 2 is 1.04 bits per heavy atom. The highest BCUT2D eigenvalue weighted by molar-refractivity contribution is 7.92. The topological polar surface area (TPSA) is 200 Å². The lowest BCUT2D eigenvalue weighted by atomic mass is 9.65. The zero-order valence-corrected chi connectivity index (χ0v) is 56.4. The van der Waals surface area contributed by atoms with Crippen molar-refractivity contribution < 1.29 is 51.1 Å². The van der Waals surface area contributed by atoms with Crippen LogP contribution in [0.15, 0.2) is 10.6 Å². The van der Waals surface area contributed by atoms with Crippen LogP contribution in [-0.4, -0.2) is 127 Å². The molecule has 5 unspecified atom stereocenters. The summed E-state index contributed by atoms with van der Waals surface area (Å²) < 4.78 is 37.0. The van der Waals surface area contributed by atoms with Crippen molar-refractivity contribution in [1.29, 1.82) is 0 Å². The number of sulfone groups is 1. The van der Waals surface area contributed by atoms with Crippen LogP contribution in [0.2, 0.25) is 0 Å². The van der Waals surface area contributed by atoms with Crippen LogP contribution in [-0.2, 0) is 43.3 Å². The van der Waals surface area contributed by atoms with E-state index in [0.29, 0.717) is 76.7 Å². The number of hydrogen-bond acceptors (Lipinski definition) is 12. The number of fused-ring (bicyclic) bond motifs is 8. The number of ether oxygens (including phenoxy) is 2. The number of aryl methyl sites for hydroxylation is 1. The SMILES string of the molecule is CC(C)(C)C(=O)C1[C@@H]2CCC[C@H]1COC2.CC(C)(C)C(=O)C1[C@H]2CCC[C@H]1COC2.CC(C)(C)C(=O)N1CC2CC1CC(=O)N2.CC(C)(C)S(C)(=O)=O.CC1(C)CC2CC(C)(CN2C(=O)C(C)(C)C)C1.Cc1cnc(C(=O)C(C)(C)C)o1. The number of likely N-dealkylation sites (tertiary alicyclic amines) is 2. The minimum absolute atomic E-state index is 0.0596. The van der Waals surface area contributed by atoms with Gasteiger partial charge in [0.1, 0.15) is 17.3 Å². The zero-order valence-electron chi connectivity index (χ0n) is 55.5. The Morgan fingerprint density at radius 3 is 1.39 bits per heavy atom. The average molecular weight is 1170 g/mol. The number of carbonyl (C=O) groups excluding carboxylic acids is 6. The Bertz CT molecular complexity index is 2390. The average Bonchev–Trinajstić information content (AvgIpc) is 4.18. The molecule has 82 heavy (non-hydrogen) atoms. The van der Waals surface area contributed by atoms with Crippen molar-refractivity contribution in [2.75, 3.05) is 45.8 Å². The molecule has 9 atom stereocenters. The number of piperidine rings is 1. The third-order valence-corrected chi connectivity index (χ3v) is 20.0. The van der Waals surface area contributed by atoms with Crippen molar-refractivity contribution >= 4 is 44.9 Å². The van der Waals surface area contributed by atoms with Crippen molar-refractivity contribution in [3.05, 3.63) is 17.8 Å². The lowest BCUT2D eigenvalue weighted by Gasteiger charge is -2.43. The van der Waals surface area contributed by atoms with Crippen LogP contribution in [0.3, 0.4) is 0 Å². The number of nitrogens with one attached hydrogen (secondary N) is 1. The van der Waals surface area contributed by atoms with E-state index < -0.39 is 20.0 Å². The molecular weight excluding hydrogens is 1060 g/mol. The normalized spacial score (nSPS) is 29.4. The van der Waals surface area contributed by atoms with Gasteiger partial charge in [-0.2, -0.15) is 0 Å². The second kappa shape index (κ2) is 26.6.